The number of fused-ring (bicyclic) bond motifs is 1. The van der Waals surface area contributed by atoms with Gasteiger partial charge < -0.3 is 18.8 Å². The summed E-state index contributed by atoms with van der Waals surface area (Å²) < 4.78 is 16.0. The third-order valence-corrected chi connectivity index (χ3v) is 3.78. The van der Waals surface area contributed by atoms with Crippen LogP contribution in [0.25, 0.3) is 17.2 Å². The highest BCUT2D eigenvalue weighted by Gasteiger charge is 2.26. The number of carbonyl (C=O) groups excluding carboxylic acids is 2. The van der Waals surface area contributed by atoms with Gasteiger partial charge in [0.2, 0.25) is 5.89 Å². The van der Waals surface area contributed by atoms with E-state index in [2.05, 4.69) is 4.98 Å². The van der Waals surface area contributed by atoms with Crippen molar-refractivity contribution in [1.29, 1.82) is 0 Å². The zero-order chi connectivity index (χ0) is 17.8. The van der Waals surface area contributed by atoms with Crippen LogP contribution < -0.4 is 0 Å². The van der Waals surface area contributed by atoms with Gasteiger partial charge in [0, 0.05) is 25.2 Å². The molecule has 7 heteroatoms. The number of hydrogen-bond acceptors (Lipinski definition) is 6. The molecular formula is C18H20N2O5. The van der Waals surface area contributed by atoms with E-state index in [1.165, 1.54) is 12.2 Å². The maximum absolute atomic E-state index is 12.1. The smallest absolute Gasteiger partial charge is 0.331 e. The molecule has 7 nitrogen and oxygen atoms in total. The summed E-state index contributed by atoms with van der Waals surface area (Å²) in [6.45, 7) is 4.52. The summed E-state index contributed by atoms with van der Waals surface area (Å²) in [6, 6.07) is 7.30. The number of amides is 1. The lowest BCUT2D eigenvalue weighted by atomic mass is 10.2. The van der Waals surface area contributed by atoms with Crippen LogP contribution in [0.4, 0.5) is 0 Å². The van der Waals surface area contributed by atoms with E-state index in [1.54, 1.807) is 11.0 Å². The molecule has 2 aromatic rings. The van der Waals surface area contributed by atoms with E-state index in [9.17, 15) is 9.59 Å². The SMILES string of the molecule is C[C@@H]1CN(C(=O)COC(=O)/C=C/c2nc3ccccc3o2)C[C@@H](C)O1. The molecule has 0 N–H and O–H groups in total. The molecule has 1 aromatic carbocycles. The van der Waals surface area contributed by atoms with Gasteiger partial charge in [-0.25, -0.2) is 9.78 Å². The molecule has 1 saturated heterocycles. The van der Waals surface area contributed by atoms with Crippen LogP contribution in [0.1, 0.15) is 19.7 Å². The summed E-state index contributed by atoms with van der Waals surface area (Å²) >= 11 is 0. The van der Waals surface area contributed by atoms with E-state index in [4.69, 9.17) is 13.9 Å². The lowest BCUT2D eigenvalue weighted by Crippen LogP contribution is -2.49. The van der Waals surface area contributed by atoms with Crippen LogP contribution >= 0.6 is 0 Å². The number of aromatic nitrogens is 1. The Kier molecular flexibility index (Phi) is 5.14. The second-order valence-electron chi connectivity index (χ2n) is 6.02. The third kappa shape index (κ3) is 4.45. The Morgan fingerprint density at radius 1 is 1.28 bits per heavy atom. The van der Waals surface area contributed by atoms with E-state index in [-0.39, 0.29) is 24.7 Å². The second kappa shape index (κ2) is 7.48. The normalized spacial score (nSPS) is 21.0. The number of oxazole rings is 1. The Morgan fingerprint density at radius 2 is 2.00 bits per heavy atom. The summed E-state index contributed by atoms with van der Waals surface area (Å²) in [4.78, 5) is 29.8. The summed E-state index contributed by atoms with van der Waals surface area (Å²) in [5.41, 5.74) is 1.35. The first kappa shape index (κ1) is 17.2. The molecule has 0 bridgehead atoms. The molecule has 1 amide bonds. The van der Waals surface area contributed by atoms with Crippen LogP contribution in [0.3, 0.4) is 0 Å². The molecule has 0 unspecified atom stereocenters. The molecule has 0 saturated carbocycles. The molecule has 0 aliphatic carbocycles. The maximum atomic E-state index is 12.1. The van der Waals surface area contributed by atoms with Crippen molar-refractivity contribution in [2.24, 2.45) is 0 Å². The zero-order valence-corrected chi connectivity index (χ0v) is 14.2. The summed E-state index contributed by atoms with van der Waals surface area (Å²) in [6.07, 6.45) is 2.57. The van der Waals surface area contributed by atoms with Crippen LogP contribution in [0.5, 0.6) is 0 Å². The fourth-order valence-corrected chi connectivity index (χ4v) is 2.75. The van der Waals surface area contributed by atoms with Crippen molar-refractivity contribution in [2.75, 3.05) is 19.7 Å². The Morgan fingerprint density at radius 3 is 2.72 bits per heavy atom. The highest BCUT2D eigenvalue weighted by molar-refractivity contribution is 5.89. The minimum atomic E-state index is -0.620. The van der Waals surface area contributed by atoms with Crippen LogP contribution in [-0.4, -0.2) is 53.7 Å². The number of benzene rings is 1. The summed E-state index contributed by atoms with van der Waals surface area (Å²) in [5.74, 6) is -0.545. The minimum absolute atomic E-state index is 0.0255. The molecule has 132 valence electrons. The molecule has 0 radical (unpaired) electrons. The Hall–Kier alpha value is -2.67. The van der Waals surface area contributed by atoms with Gasteiger partial charge in [0.1, 0.15) is 5.52 Å². The zero-order valence-electron chi connectivity index (χ0n) is 14.2. The number of morpholine rings is 1. The molecule has 3 rings (SSSR count). The molecule has 2 heterocycles. The maximum Gasteiger partial charge on any atom is 0.331 e. The van der Waals surface area contributed by atoms with Crippen molar-refractivity contribution >= 4 is 29.1 Å². The standard InChI is InChI=1S/C18H20N2O5/c1-12-9-20(10-13(2)24-12)17(21)11-23-18(22)8-7-16-19-14-5-3-4-6-15(14)25-16/h3-8,12-13H,9-11H2,1-2H3/b8-7+/t12-,13-/m1/s1. The van der Waals surface area contributed by atoms with E-state index in [0.717, 1.165) is 0 Å². The molecule has 0 spiro atoms. The van der Waals surface area contributed by atoms with Gasteiger partial charge in [0.25, 0.3) is 5.91 Å². The number of ether oxygens (including phenoxy) is 2. The van der Waals surface area contributed by atoms with Crippen molar-refractivity contribution in [3.8, 4) is 0 Å². The first-order valence-corrected chi connectivity index (χ1v) is 8.15. The van der Waals surface area contributed by atoms with Crippen LogP contribution in [0.2, 0.25) is 0 Å². The first-order chi connectivity index (χ1) is 12.0. The third-order valence-electron chi connectivity index (χ3n) is 3.78. The van der Waals surface area contributed by atoms with Gasteiger partial charge in [-0.1, -0.05) is 12.1 Å². The number of para-hydroxylation sites is 2. The minimum Gasteiger partial charge on any atom is -0.452 e. The lowest BCUT2D eigenvalue weighted by molar-refractivity contribution is -0.154. The monoisotopic (exact) mass is 344 g/mol. The van der Waals surface area contributed by atoms with Crippen molar-refractivity contribution < 1.29 is 23.5 Å². The Balaban J connectivity index is 1.51. The van der Waals surface area contributed by atoms with Gasteiger partial charge >= 0.3 is 5.97 Å². The van der Waals surface area contributed by atoms with Crippen LogP contribution in [0.15, 0.2) is 34.8 Å². The predicted octanol–water partition coefficient (Wildman–Crippen LogP) is 2.02. The van der Waals surface area contributed by atoms with Crippen molar-refractivity contribution in [3.63, 3.8) is 0 Å². The van der Waals surface area contributed by atoms with Gasteiger partial charge in [0.15, 0.2) is 12.2 Å². The van der Waals surface area contributed by atoms with Gasteiger partial charge in [0.05, 0.1) is 12.2 Å². The number of rotatable bonds is 4. The van der Waals surface area contributed by atoms with Gasteiger partial charge in [-0.2, -0.15) is 0 Å². The summed E-state index contributed by atoms with van der Waals surface area (Å²) in [5, 5.41) is 0. The van der Waals surface area contributed by atoms with E-state index in [1.807, 2.05) is 32.0 Å². The van der Waals surface area contributed by atoms with Gasteiger partial charge in [-0.15, -0.1) is 0 Å². The Labute approximate surface area is 145 Å². The summed E-state index contributed by atoms with van der Waals surface area (Å²) in [7, 11) is 0. The van der Waals surface area contributed by atoms with Gasteiger partial charge in [-0.05, 0) is 26.0 Å². The topological polar surface area (TPSA) is 81.9 Å². The number of hydrogen-bond donors (Lipinski definition) is 0. The fourth-order valence-electron chi connectivity index (χ4n) is 2.75. The molecule has 1 fully saturated rings. The Bertz CT molecular complexity index is 755. The predicted molar refractivity (Wildman–Crippen MR) is 90.6 cm³/mol. The molecule has 25 heavy (non-hydrogen) atoms. The van der Waals surface area contributed by atoms with Crippen LogP contribution in [0, 0.1) is 0 Å². The lowest BCUT2D eigenvalue weighted by Gasteiger charge is -2.35. The van der Waals surface area contributed by atoms with Crippen molar-refractivity contribution in [2.45, 2.75) is 26.1 Å². The van der Waals surface area contributed by atoms with E-state index < -0.39 is 5.97 Å². The number of carbonyl (C=O) groups is 2. The molecule has 2 atom stereocenters. The van der Waals surface area contributed by atoms with Crippen molar-refractivity contribution in [1.82, 2.24) is 9.88 Å². The average Bonchev–Trinajstić information content (AvgIpc) is 3.00. The quantitative estimate of drug-likeness (QED) is 0.623. The average molecular weight is 344 g/mol. The highest BCUT2D eigenvalue weighted by atomic mass is 16.5. The van der Waals surface area contributed by atoms with Crippen molar-refractivity contribution in [3.05, 3.63) is 36.2 Å². The highest BCUT2D eigenvalue weighted by Crippen LogP contribution is 2.15. The van der Waals surface area contributed by atoms with Gasteiger partial charge in [-0.3, -0.25) is 4.79 Å². The first-order valence-electron chi connectivity index (χ1n) is 8.15. The molecule has 1 aliphatic rings. The molecule has 1 aromatic heterocycles. The van der Waals surface area contributed by atoms with E-state index >= 15 is 0 Å². The number of esters is 1. The molecule has 1 aliphatic heterocycles. The second-order valence-corrected chi connectivity index (χ2v) is 6.02. The number of nitrogens with zero attached hydrogens (tertiary/aromatic N) is 2. The fraction of sp³-hybridized carbons (Fsp3) is 0.389. The van der Waals surface area contributed by atoms with E-state index in [0.29, 0.717) is 30.1 Å². The molecular weight excluding hydrogens is 324 g/mol. The largest absolute Gasteiger partial charge is 0.452 e. The van der Waals surface area contributed by atoms with Crippen LogP contribution in [-0.2, 0) is 19.1 Å².